The minimum absolute atomic E-state index is 0.00867. The third-order valence-electron chi connectivity index (χ3n) is 2.90. The standard InChI is InChI=1S/C15H23BrN4O2/c1-5-17-15(19-10-14(21)20(2)3)18-9-11-8-12(16)6-7-13(11)22-4/h6-8H,5,9-10H2,1-4H3,(H2,17,18,19). The molecule has 0 bridgehead atoms. The number of methoxy groups -OCH3 is 1. The van der Waals surface area contributed by atoms with Gasteiger partial charge in [0, 0.05) is 30.7 Å². The monoisotopic (exact) mass is 370 g/mol. The van der Waals surface area contributed by atoms with E-state index in [4.69, 9.17) is 4.74 Å². The van der Waals surface area contributed by atoms with Gasteiger partial charge in [-0.3, -0.25) is 4.79 Å². The molecule has 0 unspecified atom stereocenters. The molecule has 0 spiro atoms. The number of benzene rings is 1. The van der Waals surface area contributed by atoms with Gasteiger partial charge in [0.15, 0.2) is 5.96 Å². The lowest BCUT2D eigenvalue weighted by Gasteiger charge is -2.14. The van der Waals surface area contributed by atoms with Gasteiger partial charge in [-0.2, -0.15) is 0 Å². The van der Waals surface area contributed by atoms with Gasteiger partial charge in [0.2, 0.25) is 5.91 Å². The number of carbonyl (C=O) groups excluding carboxylic acids is 1. The molecule has 0 aromatic heterocycles. The molecule has 1 amide bonds. The topological polar surface area (TPSA) is 66.0 Å². The second-order valence-electron chi connectivity index (χ2n) is 4.79. The average molecular weight is 371 g/mol. The van der Waals surface area contributed by atoms with Crippen molar-refractivity contribution >= 4 is 27.8 Å². The van der Waals surface area contributed by atoms with Crippen LogP contribution in [0.1, 0.15) is 12.5 Å². The normalized spacial score (nSPS) is 11.0. The first-order valence-electron chi connectivity index (χ1n) is 7.02. The molecule has 0 aliphatic rings. The van der Waals surface area contributed by atoms with Crippen LogP contribution in [0, 0.1) is 0 Å². The number of carbonyl (C=O) groups is 1. The smallest absolute Gasteiger partial charge is 0.241 e. The van der Waals surface area contributed by atoms with Crippen LogP contribution in [0.3, 0.4) is 0 Å². The highest BCUT2D eigenvalue weighted by Crippen LogP contribution is 2.23. The Morgan fingerprint density at radius 1 is 1.36 bits per heavy atom. The molecule has 122 valence electrons. The Morgan fingerprint density at radius 2 is 2.09 bits per heavy atom. The highest BCUT2D eigenvalue weighted by molar-refractivity contribution is 9.10. The molecule has 1 aromatic rings. The second kappa shape index (κ2) is 9.30. The zero-order valence-corrected chi connectivity index (χ0v) is 15.0. The molecule has 0 radical (unpaired) electrons. The van der Waals surface area contributed by atoms with Gasteiger partial charge in [-0.25, -0.2) is 4.99 Å². The zero-order chi connectivity index (χ0) is 16.5. The van der Waals surface area contributed by atoms with Crippen molar-refractivity contribution < 1.29 is 9.53 Å². The molecule has 7 heteroatoms. The number of rotatable bonds is 6. The highest BCUT2D eigenvalue weighted by Gasteiger charge is 2.07. The maximum absolute atomic E-state index is 11.6. The lowest BCUT2D eigenvalue weighted by molar-refractivity contribution is -0.127. The molecule has 0 saturated heterocycles. The summed E-state index contributed by atoms with van der Waals surface area (Å²) in [5, 5.41) is 6.13. The van der Waals surface area contributed by atoms with Crippen LogP contribution in [0.25, 0.3) is 0 Å². The summed E-state index contributed by atoms with van der Waals surface area (Å²) in [6.45, 7) is 3.35. The van der Waals surface area contributed by atoms with E-state index in [1.807, 2.05) is 25.1 Å². The molecule has 1 aromatic carbocycles. The van der Waals surface area contributed by atoms with Gasteiger partial charge in [-0.05, 0) is 25.1 Å². The molecule has 2 N–H and O–H groups in total. The van der Waals surface area contributed by atoms with E-state index in [2.05, 4.69) is 31.6 Å². The first kappa shape index (κ1) is 18.3. The van der Waals surface area contributed by atoms with E-state index in [-0.39, 0.29) is 12.5 Å². The van der Waals surface area contributed by atoms with Crippen molar-refractivity contribution in [3.63, 3.8) is 0 Å². The Kier molecular flexibility index (Phi) is 7.73. The predicted octanol–water partition coefficient (Wildman–Crippen LogP) is 1.60. The summed E-state index contributed by atoms with van der Waals surface area (Å²) in [4.78, 5) is 17.6. The van der Waals surface area contributed by atoms with Gasteiger partial charge in [-0.15, -0.1) is 0 Å². The summed E-state index contributed by atoms with van der Waals surface area (Å²) in [6.07, 6.45) is 0. The maximum atomic E-state index is 11.6. The first-order valence-corrected chi connectivity index (χ1v) is 7.82. The van der Waals surface area contributed by atoms with Gasteiger partial charge >= 0.3 is 0 Å². The van der Waals surface area contributed by atoms with Gasteiger partial charge in [0.05, 0.1) is 20.2 Å². The van der Waals surface area contributed by atoms with Gasteiger partial charge in [-0.1, -0.05) is 15.9 Å². The van der Waals surface area contributed by atoms with Crippen LogP contribution >= 0.6 is 15.9 Å². The molecule has 0 heterocycles. The SMILES string of the molecule is CCNC(=NCc1cc(Br)ccc1OC)NCC(=O)N(C)C. The minimum Gasteiger partial charge on any atom is -0.496 e. The Balaban J connectivity index is 2.77. The van der Waals surface area contributed by atoms with Gasteiger partial charge in [0.25, 0.3) is 0 Å². The number of guanidine groups is 1. The van der Waals surface area contributed by atoms with Crippen LogP contribution in [0.2, 0.25) is 0 Å². The zero-order valence-electron chi connectivity index (χ0n) is 13.4. The second-order valence-corrected chi connectivity index (χ2v) is 5.71. The Hall–Kier alpha value is -1.76. The van der Waals surface area contributed by atoms with Crippen LogP contribution in [-0.4, -0.2) is 51.1 Å². The van der Waals surface area contributed by atoms with Crippen molar-refractivity contribution in [2.24, 2.45) is 4.99 Å². The number of halogens is 1. The van der Waals surface area contributed by atoms with Crippen molar-refractivity contribution in [1.29, 1.82) is 0 Å². The fourth-order valence-electron chi connectivity index (χ4n) is 1.69. The molecule has 0 saturated carbocycles. The Labute approximate surface area is 140 Å². The third-order valence-corrected chi connectivity index (χ3v) is 3.39. The molecule has 6 nitrogen and oxygen atoms in total. The lowest BCUT2D eigenvalue weighted by Crippen LogP contribution is -2.42. The van der Waals surface area contributed by atoms with E-state index in [9.17, 15) is 4.79 Å². The molecule has 0 aliphatic heterocycles. The lowest BCUT2D eigenvalue weighted by atomic mass is 10.2. The fourth-order valence-corrected chi connectivity index (χ4v) is 2.10. The summed E-state index contributed by atoms with van der Waals surface area (Å²) < 4.78 is 6.30. The largest absolute Gasteiger partial charge is 0.496 e. The number of nitrogens with zero attached hydrogens (tertiary/aromatic N) is 2. The Bertz CT molecular complexity index is 532. The molecule has 1 rings (SSSR count). The number of nitrogens with one attached hydrogen (secondary N) is 2. The number of aliphatic imine (C=N–C) groups is 1. The number of hydrogen-bond acceptors (Lipinski definition) is 3. The van der Waals surface area contributed by atoms with E-state index in [0.29, 0.717) is 12.5 Å². The van der Waals surface area contributed by atoms with Crippen LogP contribution in [0.15, 0.2) is 27.7 Å². The number of hydrogen-bond donors (Lipinski definition) is 2. The number of ether oxygens (including phenoxy) is 1. The molecule has 22 heavy (non-hydrogen) atoms. The third kappa shape index (κ3) is 5.93. The maximum Gasteiger partial charge on any atom is 0.241 e. The molecule has 0 aliphatic carbocycles. The number of amides is 1. The quantitative estimate of drug-likeness (QED) is 0.589. The minimum atomic E-state index is -0.00867. The summed E-state index contributed by atoms with van der Waals surface area (Å²) in [5.41, 5.74) is 0.966. The van der Waals surface area contributed by atoms with Gasteiger partial charge < -0.3 is 20.3 Å². The first-order chi connectivity index (χ1) is 10.5. The van der Waals surface area contributed by atoms with Crippen molar-refractivity contribution in [2.45, 2.75) is 13.5 Å². The predicted molar refractivity (Wildman–Crippen MR) is 92.2 cm³/mol. The Morgan fingerprint density at radius 3 is 2.68 bits per heavy atom. The van der Waals surface area contributed by atoms with E-state index < -0.39 is 0 Å². The summed E-state index contributed by atoms with van der Waals surface area (Å²) >= 11 is 3.44. The summed E-state index contributed by atoms with van der Waals surface area (Å²) in [7, 11) is 5.08. The molecular formula is C15H23BrN4O2. The summed E-state index contributed by atoms with van der Waals surface area (Å²) in [6, 6.07) is 5.78. The molecular weight excluding hydrogens is 348 g/mol. The van der Waals surface area contributed by atoms with E-state index in [0.717, 1.165) is 22.3 Å². The van der Waals surface area contributed by atoms with Crippen molar-refractivity contribution in [1.82, 2.24) is 15.5 Å². The van der Waals surface area contributed by atoms with Crippen LogP contribution in [0.4, 0.5) is 0 Å². The fraction of sp³-hybridized carbons (Fsp3) is 0.467. The van der Waals surface area contributed by atoms with Crippen molar-refractivity contribution in [3.05, 3.63) is 28.2 Å². The highest BCUT2D eigenvalue weighted by atomic mass is 79.9. The molecule has 0 fully saturated rings. The van der Waals surface area contributed by atoms with Crippen LogP contribution in [-0.2, 0) is 11.3 Å². The van der Waals surface area contributed by atoms with Crippen molar-refractivity contribution in [3.8, 4) is 5.75 Å². The van der Waals surface area contributed by atoms with Crippen LogP contribution < -0.4 is 15.4 Å². The van der Waals surface area contributed by atoms with E-state index >= 15 is 0 Å². The van der Waals surface area contributed by atoms with E-state index in [1.165, 1.54) is 4.90 Å². The molecule has 0 atom stereocenters. The van der Waals surface area contributed by atoms with Crippen LogP contribution in [0.5, 0.6) is 5.75 Å². The van der Waals surface area contributed by atoms with Gasteiger partial charge in [0.1, 0.15) is 5.75 Å². The van der Waals surface area contributed by atoms with E-state index in [1.54, 1.807) is 21.2 Å². The van der Waals surface area contributed by atoms with Crippen molar-refractivity contribution in [2.75, 3.05) is 34.3 Å². The average Bonchev–Trinajstić information content (AvgIpc) is 2.49. The number of likely N-dealkylation sites (N-methyl/N-ethyl adjacent to an activating group) is 1. The summed E-state index contributed by atoms with van der Waals surface area (Å²) in [5.74, 6) is 1.37.